The standard InChI is InChI=1S/C21H26N2O/c22-12-21(13-23)17(20(21)4-2-1-3-5-20)18(24)19-9-14-6-15(10-19)8-16(7-14)11-19/h14-17H,1-11H2. The fraction of sp³-hybridized carbons (Fsp3) is 0.857. The fourth-order valence-corrected chi connectivity index (χ4v) is 8.00. The highest BCUT2D eigenvalue weighted by Gasteiger charge is 2.82. The van der Waals surface area contributed by atoms with Gasteiger partial charge in [-0.2, -0.15) is 10.5 Å². The molecule has 0 aliphatic heterocycles. The van der Waals surface area contributed by atoms with Gasteiger partial charge >= 0.3 is 0 Å². The number of Topliss-reactive ketones (excluding diaryl/α,β-unsaturated/α-hetero) is 1. The second kappa shape index (κ2) is 4.63. The third kappa shape index (κ3) is 1.60. The Kier molecular flexibility index (Phi) is 2.88. The lowest BCUT2D eigenvalue weighted by atomic mass is 9.48. The zero-order valence-electron chi connectivity index (χ0n) is 14.4. The molecule has 0 saturated heterocycles. The molecule has 3 nitrogen and oxygen atoms in total. The van der Waals surface area contributed by atoms with E-state index >= 15 is 0 Å². The van der Waals surface area contributed by atoms with Gasteiger partial charge in [0.1, 0.15) is 5.78 Å². The van der Waals surface area contributed by atoms with Gasteiger partial charge in [0.25, 0.3) is 0 Å². The predicted molar refractivity (Wildman–Crippen MR) is 88.3 cm³/mol. The molecule has 24 heavy (non-hydrogen) atoms. The van der Waals surface area contributed by atoms with Crippen molar-refractivity contribution < 1.29 is 4.79 Å². The van der Waals surface area contributed by atoms with Crippen LogP contribution in [-0.2, 0) is 4.79 Å². The van der Waals surface area contributed by atoms with Crippen LogP contribution in [0.5, 0.6) is 0 Å². The van der Waals surface area contributed by atoms with Crippen molar-refractivity contribution in [3.63, 3.8) is 0 Å². The van der Waals surface area contributed by atoms with Crippen LogP contribution in [0.25, 0.3) is 0 Å². The number of ketones is 1. The summed E-state index contributed by atoms with van der Waals surface area (Å²) in [5.41, 5.74) is -1.47. The SMILES string of the molecule is N#CC1(C#N)C(C(=O)C23CC4CC(CC(C4)C2)C3)C12CCCCC2. The van der Waals surface area contributed by atoms with E-state index < -0.39 is 5.41 Å². The molecule has 0 amide bonds. The van der Waals surface area contributed by atoms with Gasteiger partial charge in [-0.3, -0.25) is 4.79 Å². The van der Waals surface area contributed by atoms with Crippen LogP contribution in [-0.4, -0.2) is 5.78 Å². The summed E-state index contributed by atoms with van der Waals surface area (Å²) in [5.74, 6) is 2.27. The van der Waals surface area contributed by atoms with Crippen LogP contribution in [0.4, 0.5) is 0 Å². The Morgan fingerprint density at radius 1 is 0.833 bits per heavy atom. The van der Waals surface area contributed by atoms with Crippen LogP contribution >= 0.6 is 0 Å². The Balaban J connectivity index is 1.51. The van der Waals surface area contributed by atoms with Crippen molar-refractivity contribution in [2.75, 3.05) is 0 Å². The summed E-state index contributed by atoms with van der Waals surface area (Å²) in [7, 11) is 0. The summed E-state index contributed by atoms with van der Waals surface area (Å²) in [6, 6.07) is 4.69. The van der Waals surface area contributed by atoms with Gasteiger partial charge in [-0.1, -0.05) is 19.3 Å². The van der Waals surface area contributed by atoms with Crippen LogP contribution in [0.3, 0.4) is 0 Å². The molecule has 1 atom stereocenters. The molecule has 6 aliphatic rings. The van der Waals surface area contributed by atoms with Crippen molar-refractivity contribution >= 4 is 5.78 Å². The molecule has 0 aromatic rings. The molecule has 0 radical (unpaired) electrons. The zero-order chi connectivity index (χ0) is 16.6. The second-order valence-electron chi connectivity index (χ2n) is 9.74. The van der Waals surface area contributed by atoms with Gasteiger partial charge in [0.2, 0.25) is 0 Å². The maximum atomic E-state index is 13.8. The minimum atomic E-state index is -1.01. The molecule has 1 unspecified atom stereocenters. The summed E-state index contributed by atoms with van der Waals surface area (Å²) in [5, 5.41) is 19.7. The summed E-state index contributed by atoms with van der Waals surface area (Å²) in [4.78, 5) is 13.8. The summed E-state index contributed by atoms with van der Waals surface area (Å²) in [6.07, 6.45) is 12.3. The van der Waals surface area contributed by atoms with E-state index in [-0.39, 0.29) is 16.7 Å². The molecular weight excluding hydrogens is 296 g/mol. The number of rotatable bonds is 2. The van der Waals surface area contributed by atoms with Gasteiger partial charge in [-0.25, -0.2) is 0 Å². The Morgan fingerprint density at radius 2 is 1.33 bits per heavy atom. The number of nitriles is 2. The van der Waals surface area contributed by atoms with Crippen molar-refractivity contribution in [2.45, 2.75) is 70.6 Å². The van der Waals surface area contributed by atoms with Crippen LogP contribution in [0.1, 0.15) is 70.6 Å². The molecule has 1 spiro atoms. The van der Waals surface area contributed by atoms with Crippen molar-refractivity contribution in [1.29, 1.82) is 10.5 Å². The van der Waals surface area contributed by atoms with Gasteiger partial charge < -0.3 is 0 Å². The van der Waals surface area contributed by atoms with Crippen LogP contribution in [0.15, 0.2) is 0 Å². The van der Waals surface area contributed by atoms with Crippen molar-refractivity contribution in [3.8, 4) is 12.1 Å². The number of hydrogen-bond donors (Lipinski definition) is 0. The molecule has 126 valence electrons. The Hall–Kier alpha value is -1.35. The Labute approximate surface area is 144 Å². The third-order valence-corrected chi connectivity index (χ3v) is 8.61. The maximum Gasteiger partial charge on any atom is 0.160 e. The number of hydrogen-bond acceptors (Lipinski definition) is 3. The lowest BCUT2D eigenvalue weighted by Gasteiger charge is -2.56. The van der Waals surface area contributed by atoms with Crippen molar-refractivity contribution in [2.24, 2.45) is 39.9 Å². The van der Waals surface area contributed by atoms with E-state index in [0.717, 1.165) is 62.7 Å². The highest BCUT2D eigenvalue weighted by Crippen LogP contribution is 2.77. The summed E-state index contributed by atoms with van der Waals surface area (Å²) in [6.45, 7) is 0. The van der Waals surface area contributed by atoms with Gasteiger partial charge in [-0.15, -0.1) is 0 Å². The largest absolute Gasteiger partial charge is 0.299 e. The van der Waals surface area contributed by atoms with Gasteiger partial charge in [0.15, 0.2) is 5.41 Å². The number of carbonyl (C=O) groups excluding carboxylic acids is 1. The monoisotopic (exact) mass is 322 g/mol. The highest BCUT2D eigenvalue weighted by atomic mass is 16.1. The fourth-order valence-electron chi connectivity index (χ4n) is 8.00. The highest BCUT2D eigenvalue weighted by molar-refractivity contribution is 5.94. The molecule has 0 aromatic carbocycles. The first-order valence-corrected chi connectivity index (χ1v) is 9.96. The first-order valence-electron chi connectivity index (χ1n) is 9.96. The van der Waals surface area contributed by atoms with E-state index in [1.807, 2.05) is 0 Å². The minimum Gasteiger partial charge on any atom is -0.299 e. The molecular formula is C21H26N2O. The normalized spacial score (nSPS) is 46.2. The lowest BCUT2D eigenvalue weighted by Crippen LogP contribution is -2.51. The van der Waals surface area contributed by atoms with Crippen LogP contribution < -0.4 is 0 Å². The van der Waals surface area contributed by atoms with E-state index in [2.05, 4.69) is 12.1 Å². The van der Waals surface area contributed by atoms with Crippen molar-refractivity contribution in [3.05, 3.63) is 0 Å². The lowest BCUT2D eigenvalue weighted by molar-refractivity contribution is -0.146. The topological polar surface area (TPSA) is 64.7 Å². The third-order valence-electron chi connectivity index (χ3n) is 8.61. The second-order valence-corrected chi connectivity index (χ2v) is 9.74. The van der Waals surface area contributed by atoms with E-state index in [1.54, 1.807) is 0 Å². The van der Waals surface area contributed by atoms with Crippen molar-refractivity contribution in [1.82, 2.24) is 0 Å². The van der Waals surface area contributed by atoms with Gasteiger partial charge in [0, 0.05) is 10.8 Å². The quantitative estimate of drug-likeness (QED) is 0.757. The molecule has 0 aromatic heterocycles. The van der Waals surface area contributed by atoms with Gasteiger partial charge in [-0.05, 0) is 69.1 Å². The molecule has 6 saturated carbocycles. The summed E-state index contributed by atoms with van der Waals surface area (Å²) < 4.78 is 0. The molecule has 0 heterocycles. The average Bonchev–Trinajstić information content (AvgIpc) is 3.13. The van der Waals surface area contributed by atoms with E-state index in [4.69, 9.17) is 0 Å². The maximum absolute atomic E-state index is 13.8. The molecule has 6 aliphatic carbocycles. The minimum absolute atomic E-state index is 0.167. The molecule has 6 rings (SSSR count). The summed E-state index contributed by atoms with van der Waals surface area (Å²) >= 11 is 0. The smallest absolute Gasteiger partial charge is 0.160 e. The predicted octanol–water partition coefficient (Wildman–Crippen LogP) is 4.39. The molecule has 3 heteroatoms. The average molecular weight is 322 g/mol. The van der Waals surface area contributed by atoms with Gasteiger partial charge in [0.05, 0.1) is 18.1 Å². The molecule has 0 N–H and O–H groups in total. The number of carbonyl (C=O) groups is 1. The Morgan fingerprint density at radius 3 is 1.79 bits per heavy atom. The first-order chi connectivity index (χ1) is 11.6. The van der Waals surface area contributed by atoms with Crippen LogP contribution in [0.2, 0.25) is 0 Å². The zero-order valence-corrected chi connectivity index (χ0v) is 14.4. The number of nitrogens with zero attached hydrogens (tertiary/aromatic N) is 2. The van der Waals surface area contributed by atoms with E-state index in [0.29, 0.717) is 5.78 Å². The molecule has 4 bridgehead atoms. The van der Waals surface area contributed by atoms with E-state index in [1.165, 1.54) is 25.7 Å². The first kappa shape index (κ1) is 14.9. The molecule has 6 fully saturated rings. The van der Waals surface area contributed by atoms with E-state index in [9.17, 15) is 15.3 Å². The van der Waals surface area contributed by atoms with Crippen LogP contribution in [0, 0.1) is 62.6 Å². The Bertz CT molecular complexity index is 624.